The maximum atomic E-state index is 10.9. The molecule has 84 valence electrons. The molecule has 0 bridgehead atoms. The first-order chi connectivity index (χ1) is 7.63. The van der Waals surface area contributed by atoms with Crippen LogP contribution in [-0.4, -0.2) is 32.6 Å². The Morgan fingerprint density at radius 1 is 1.69 bits per heavy atom. The van der Waals surface area contributed by atoms with Crippen LogP contribution in [0.1, 0.15) is 6.92 Å². The number of anilines is 1. The van der Waals surface area contributed by atoms with Crippen molar-refractivity contribution in [1.82, 2.24) is 14.8 Å². The smallest absolute Gasteiger partial charge is 0.434 e. The molecule has 0 saturated carbocycles. The molecule has 0 aliphatic heterocycles. The lowest BCUT2D eigenvalue weighted by molar-refractivity contribution is 0.192. The summed E-state index contributed by atoms with van der Waals surface area (Å²) in [6.07, 6.45) is 0.160. The van der Waals surface area contributed by atoms with Crippen LogP contribution >= 0.6 is 0 Å². The second-order valence-corrected chi connectivity index (χ2v) is 3.07. The molecule has 7 nitrogen and oxygen atoms in total. The molecule has 2 aromatic heterocycles. The van der Waals surface area contributed by atoms with Gasteiger partial charge in [-0.05, 0) is 13.0 Å². The van der Waals surface area contributed by atoms with Crippen molar-refractivity contribution in [3.05, 3.63) is 12.3 Å². The molecule has 0 radical (unpaired) electrons. The van der Waals surface area contributed by atoms with Crippen LogP contribution in [0.5, 0.6) is 5.88 Å². The van der Waals surface area contributed by atoms with E-state index in [0.29, 0.717) is 17.7 Å². The molecular formula is C9H10N4O3. The number of carboxylic acid groups (broad SMARTS) is 1. The molecule has 0 unspecified atom stereocenters. The van der Waals surface area contributed by atoms with Crippen LogP contribution < -0.4 is 10.5 Å². The molecule has 0 amide bonds. The average Bonchev–Trinajstić information content (AvgIpc) is 2.58. The Kier molecular flexibility index (Phi) is 2.35. The van der Waals surface area contributed by atoms with E-state index in [1.807, 2.05) is 0 Å². The normalized spacial score (nSPS) is 10.6. The van der Waals surface area contributed by atoms with Crippen molar-refractivity contribution in [1.29, 1.82) is 0 Å². The summed E-state index contributed by atoms with van der Waals surface area (Å²) in [7, 11) is 0. The highest BCUT2D eigenvalue weighted by atomic mass is 16.5. The third kappa shape index (κ3) is 1.52. The Hall–Kier alpha value is -2.31. The second kappa shape index (κ2) is 3.69. The molecule has 0 atom stereocenters. The molecule has 0 aliphatic rings. The van der Waals surface area contributed by atoms with Crippen molar-refractivity contribution in [3.63, 3.8) is 0 Å². The minimum absolute atomic E-state index is 0.213. The number of hydrogen-bond donors (Lipinski definition) is 2. The predicted octanol–water partition coefficient (Wildman–Crippen LogP) is 0.938. The van der Waals surface area contributed by atoms with Crippen LogP contribution in [0.25, 0.3) is 11.0 Å². The van der Waals surface area contributed by atoms with Gasteiger partial charge in [0, 0.05) is 0 Å². The first-order valence-electron chi connectivity index (χ1n) is 4.63. The van der Waals surface area contributed by atoms with Crippen LogP contribution in [0.4, 0.5) is 10.5 Å². The summed E-state index contributed by atoms with van der Waals surface area (Å²) < 4.78 is 5.98. The van der Waals surface area contributed by atoms with Crippen molar-refractivity contribution in [2.24, 2.45) is 0 Å². The standard InChI is InChI=1S/C9H10N4O3/c1-2-16-8-6-3-5(10)4-11-7(6)13(12-8)9(14)15/h3-4H,2,10H2,1H3,(H,14,15). The van der Waals surface area contributed by atoms with Crippen molar-refractivity contribution in [2.75, 3.05) is 12.3 Å². The van der Waals surface area contributed by atoms with Crippen molar-refractivity contribution in [3.8, 4) is 5.88 Å². The molecule has 0 saturated heterocycles. The molecular weight excluding hydrogens is 212 g/mol. The summed E-state index contributed by atoms with van der Waals surface area (Å²) in [4.78, 5) is 14.8. The van der Waals surface area contributed by atoms with E-state index >= 15 is 0 Å². The maximum absolute atomic E-state index is 10.9. The summed E-state index contributed by atoms with van der Waals surface area (Å²) in [5.74, 6) is 0.222. The molecule has 16 heavy (non-hydrogen) atoms. The Balaban J connectivity index is 2.71. The topological polar surface area (TPSA) is 103 Å². The number of nitrogen functional groups attached to an aromatic ring is 1. The van der Waals surface area contributed by atoms with Crippen molar-refractivity contribution in [2.45, 2.75) is 6.92 Å². The van der Waals surface area contributed by atoms with Gasteiger partial charge in [0.1, 0.15) is 0 Å². The quantitative estimate of drug-likeness (QED) is 0.783. The number of carbonyl (C=O) groups is 1. The lowest BCUT2D eigenvalue weighted by Crippen LogP contribution is -2.10. The van der Waals surface area contributed by atoms with E-state index in [-0.39, 0.29) is 11.5 Å². The van der Waals surface area contributed by atoms with E-state index in [1.165, 1.54) is 6.20 Å². The number of hydrogen-bond acceptors (Lipinski definition) is 5. The Morgan fingerprint density at radius 3 is 3.06 bits per heavy atom. The molecule has 0 fully saturated rings. The Morgan fingerprint density at radius 2 is 2.44 bits per heavy atom. The fourth-order valence-electron chi connectivity index (χ4n) is 1.37. The van der Waals surface area contributed by atoms with Gasteiger partial charge in [0.05, 0.1) is 23.9 Å². The monoisotopic (exact) mass is 222 g/mol. The highest BCUT2D eigenvalue weighted by Gasteiger charge is 2.16. The van der Waals surface area contributed by atoms with Gasteiger partial charge in [0.25, 0.3) is 0 Å². The summed E-state index contributed by atoms with van der Waals surface area (Å²) in [5.41, 5.74) is 6.21. The molecule has 2 aromatic rings. The SMILES string of the molecule is CCOc1nn(C(=O)O)c2ncc(N)cc12. The number of nitrogens with two attached hydrogens (primary N) is 1. The molecule has 0 spiro atoms. The molecule has 2 heterocycles. The molecule has 2 rings (SSSR count). The van der Waals surface area contributed by atoms with Crippen LogP contribution in [0, 0.1) is 0 Å². The zero-order chi connectivity index (χ0) is 11.7. The summed E-state index contributed by atoms with van der Waals surface area (Å²) >= 11 is 0. The average molecular weight is 222 g/mol. The van der Waals surface area contributed by atoms with Crippen LogP contribution in [0.15, 0.2) is 12.3 Å². The van der Waals surface area contributed by atoms with Gasteiger partial charge in [0.15, 0.2) is 5.65 Å². The van der Waals surface area contributed by atoms with E-state index < -0.39 is 6.09 Å². The number of aromatic nitrogens is 3. The van der Waals surface area contributed by atoms with Gasteiger partial charge in [-0.15, -0.1) is 9.78 Å². The first kappa shape index (κ1) is 10.2. The number of rotatable bonds is 2. The molecule has 0 aliphatic carbocycles. The first-order valence-corrected chi connectivity index (χ1v) is 4.63. The van der Waals surface area contributed by atoms with Crippen LogP contribution in [0.3, 0.4) is 0 Å². The highest BCUT2D eigenvalue weighted by Crippen LogP contribution is 2.24. The van der Waals surface area contributed by atoms with Gasteiger partial charge < -0.3 is 15.6 Å². The largest absolute Gasteiger partial charge is 0.476 e. The fourth-order valence-corrected chi connectivity index (χ4v) is 1.37. The van der Waals surface area contributed by atoms with E-state index in [2.05, 4.69) is 10.1 Å². The van der Waals surface area contributed by atoms with E-state index in [1.54, 1.807) is 13.0 Å². The molecule has 0 aromatic carbocycles. The summed E-state index contributed by atoms with van der Waals surface area (Å²) in [6.45, 7) is 2.17. The maximum Gasteiger partial charge on any atom is 0.434 e. The third-order valence-corrected chi connectivity index (χ3v) is 1.97. The minimum Gasteiger partial charge on any atom is -0.476 e. The number of fused-ring (bicyclic) bond motifs is 1. The lowest BCUT2D eigenvalue weighted by Gasteiger charge is -1.97. The zero-order valence-corrected chi connectivity index (χ0v) is 8.54. The fraction of sp³-hybridized carbons (Fsp3) is 0.222. The van der Waals surface area contributed by atoms with Gasteiger partial charge in [-0.25, -0.2) is 9.78 Å². The number of ether oxygens (including phenoxy) is 1. The van der Waals surface area contributed by atoms with Crippen molar-refractivity contribution < 1.29 is 14.6 Å². The molecule has 7 heteroatoms. The lowest BCUT2D eigenvalue weighted by atomic mass is 10.3. The number of nitrogens with zero attached hydrogens (tertiary/aromatic N) is 3. The highest BCUT2D eigenvalue weighted by molar-refractivity contribution is 5.89. The zero-order valence-electron chi connectivity index (χ0n) is 8.54. The summed E-state index contributed by atoms with van der Waals surface area (Å²) in [6, 6.07) is 1.58. The Labute approximate surface area is 90.4 Å². The van der Waals surface area contributed by atoms with Gasteiger partial charge >= 0.3 is 6.09 Å². The minimum atomic E-state index is -1.21. The molecule has 3 N–H and O–H groups in total. The van der Waals surface area contributed by atoms with Crippen LogP contribution in [0.2, 0.25) is 0 Å². The number of pyridine rings is 1. The van der Waals surface area contributed by atoms with Gasteiger partial charge in [0.2, 0.25) is 5.88 Å². The van der Waals surface area contributed by atoms with E-state index in [4.69, 9.17) is 15.6 Å². The van der Waals surface area contributed by atoms with Gasteiger partial charge in [-0.1, -0.05) is 0 Å². The Bertz CT molecular complexity index is 549. The second-order valence-electron chi connectivity index (χ2n) is 3.07. The van der Waals surface area contributed by atoms with Crippen molar-refractivity contribution >= 4 is 22.8 Å². The van der Waals surface area contributed by atoms with Gasteiger partial charge in [-0.2, -0.15) is 0 Å². The predicted molar refractivity (Wildman–Crippen MR) is 56.5 cm³/mol. The van der Waals surface area contributed by atoms with Crippen LogP contribution in [-0.2, 0) is 0 Å². The van der Waals surface area contributed by atoms with E-state index in [0.717, 1.165) is 4.68 Å². The van der Waals surface area contributed by atoms with Gasteiger partial charge in [-0.3, -0.25) is 0 Å². The third-order valence-electron chi connectivity index (χ3n) is 1.97. The summed E-state index contributed by atoms with van der Waals surface area (Å²) in [5, 5.41) is 13.2. The van der Waals surface area contributed by atoms with E-state index in [9.17, 15) is 4.79 Å².